The molecule has 7 nitrogen and oxygen atoms in total. The Morgan fingerprint density at radius 1 is 1.27 bits per heavy atom. The van der Waals surface area contributed by atoms with Gasteiger partial charge in [0, 0.05) is 11.8 Å². The number of primary sulfonamides is 1. The number of imidazole rings is 1. The summed E-state index contributed by atoms with van der Waals surface area (Å²) < 4.78 is 62.9. The molecule has 0 atom stereocenters. The lowest BCUT2D eigenvalue weighted by Gasteiger charge is -2.11. The number of nitrogen functional groups attached to an aromatic ring is 1. The molecular weight excluding hydrogens is 371 g/mol. The summed E-state index contributed by atoms with van der Waals surface area (Å²) >= 11 is 0. The standard InChI is InChI=1S/C15H14F3N5O2S/c1-8-2-3-9(7-26(20,24)25)4-10(8)11-5-21-14-13(19)22-12(6-23(11)14)15(16,17)18/h2-6H,7H2,1H3,(H2,19,22)(H2,20,24,25). The smallest absolute Gasteiger partial charge is 0.381 e. The van der Waals surface area contributed by atoms with Gasteiger partial charge in [0.05, 0.1) is 17.6 Å². The molecule has 0 radical (unpaired) electrons. The first kappa shape index (κ1) is 18.1. The number of aromatic nitrogens is 3. The van der Waals surface area contributed by atoms with Crippen LogP contribution < -0.4 is 10.9 Å². The summed E-state index contributed by atoms with van der Waals surface area (Å²) in [6, 6.07) is 4.79. The fourth-order valence-corrected chi connectivity index (χ4v) is 3.26. The Kier molecular flexibility index (Phi) is 4.15. The molecule has 0 saturated carbocycles. The van der Waals surface area contributed by atoms with Crippen LogP contribution in [0, 0.1) is 6.92 Å². The second-order valence-electron chi connectivity index (χ2n) is 5.80. The maximum Gasteiger partial charge on any atom is 0.434 e. The van der Waals surface area contributed by atoms with Crippen LogP contribution in [0.2, 0.25) is 0 Å². The Morgan fingerprint density at radius 3 is 2.58 bits per heavy atom. The number of anilines is 1. The highest BCUT2D eigenvalue weighted by Gasteiger charge is 2.34. The molecule has 0 unspecified atom stereocenters. The molecule has 0 saturated heterocycles. The average Bonchev–Trinajstić information content (AvgIpc) is 2.91. The van der Waals surface area contributed by atoms with Crippen molar-refractivity contribution in [2.45, 2.75) is 18.9 Å². The Bertz CT molecular complexity index is 1110. The first-order valence-electron chi connectivity index (χ1n) is 7.27. The largest absolute Gasteiger partial charge is 0.434 e. The molecule has 11 heteroatoms. The van der Waals surface area contributed by atoms with Gasteiger partial charge < -0.3 is 5.73 Å². The van der Waals surface area contributed by atoms with Crippen LogP contribution in [0.25, 0.3) is 16.9 Å². The monoisotopic (exact) mass is 385 g/mol. The van der Waals surface area contributed by atoms with Gasteiger partial charge in [-0.25, -0.2) is 23.5 Å². The first-order chi connectivity index (χ1) is 12.0. The number of rotatable bonds is 3. The average molecular weight is 385 g/mol. The molecule has 0 fully saturated rings. The molecule has 0 aliphatic rings. The van der Waals surface area contributed by atoms with Crippen molar-refractivity contribution in [3.63, 3.8) is 0 Å². The van der Waals surface area contributed by atoms with E-state index < -0.39 is 27.6 Å². The zero-order valence-electron chi connectivity index (χ0n) is 13.4. The predicted molar refractivity (Wildman–Crippen MR) is 89.4 cm³/mol. The van der Waals surface area contributed by atoms with Gasteiger partial charge >= 0.3 is 6.18 Å². The number of hydrogen-bond acceptors (Lipinski definition) is 5. The van der Waals surface area contributed by atoms with E-state index in [1.807, 2.05) is 0 Å². The SMILES string of the molecule is Cc1ccc(CS(N)(=O)=O)cc1-c1cnc2c(N)nc(C(F)(F)F)cn12. The molecule has 4 N–H and O–H groups in total. The van der Waals surface area contributed by atoms with Gasteiger partial charge in [-0.1, -0.05) is 12.1 Å². The van der Waals surface area contributed by atoms with Crippen molar-refractivity contribution in [1.29, 1.82) is 0 Å². The van der Waals surface area contributed by atoms with E-state index in [0.717, 1.165) is 6.20 Å². The number of benzene rings is 1. The van der Waals surface area contributed by atoms with Gasteiger partial charge in [-0.2, -0.15) is 13.2 Å². The molecule has 138 valence electrons. The van der Waals surface area contributed by atoms with Crippen LogP contribution in [0.1, 0.15) is 16.8 Å². The number of halogens is 3. The van der Waals surface area contributed by atoms with Gasteiger partial charge in [0.2, 0.25) is 10.0 Å². The van der Waals surface area contributed by atoms with Crippen LogP contribution in [0.3, 0.4) is 0 Å². The van der Waals surface area contributed by atoms with Gasteiger partial charge in [-0.15, -0.1) is 0 Å². The lowest BCUT2D eigenvalue weighted by molar-refractivity contribution is -0.141. The summed E-state index contributed by atoms with van der Waals surface area (Å²) in [5.74, 6) is -0.751. The Balaban J connectivity index is 2.23. The van der Waals surface area contributed by atoms with E-state index >= 15 is 0 Å². The van der Waals surface area contributed by atoms with Gasteiger partial charge in [-0.3, -0.25) is 4.40 Å². The Hall–Kier alpha value is -2.66. The molecule has 3 aromatic rings. The maximum absolute atomic E-state index is 13.0. The summed E-state index contributed by atoms with van der Waals surface area (Å²) in [5, 5.41) is 5.06. The molecule has 3 rings (SSSR count). The summed E-state index contributed by atoms with van der Waals surface area (Å²) in [6.07, 6.45) is -2.51. The highest BCUT2D eigenvalue weighted by Crippen LogP contribution is 2.32. The number of nitrogens with zero attached hydrogens (tertiary/aromatic N) is 3. The molecule has 1 aromatic carbocycles. The molecular formula is C15H14F3N5O2S. The van der Waals surface area contributed by atoms with Crippen LogP contribution in [-0.2, 0) is 22.0 Å². The maximum atomic E-state index is 13.0. The van der Waals surface area contributed by atoms with E-state index in [2.05, 4.69) is 9.97 Å². The zero-order chi connectivity index (χ0) is 19.3. The fourth-order valence-electron chi connectivity index (χ4n) is 2.62. The van der Waals surface area contributed by atoms with Crippen molar-refractivity contribution < 1.29 is 21.6 Å². The van der Waals surface area contributed by atoms with Crippen molar-refractivity contribution in [2.75, 3.05) is 5.73 Å². The third-order valence-electron chi connectivity index (χ3n) is 3.75. The topological polar surface area (TPSA) is 116 Å². The van der Waals surface area contributed by atoms with Crippen molar-refractivity contribution in [2.24, 2.45) is 5.14 Å². The Morgan fingerprint density at radius 2 is 1.96 bits per heavy atom. The quantitative estimate of drug-likeness (QED) is 0.716. The molecule has 0 aliphatic heterocycles. The number of nitrogens with two attached hydrogens (primary N) is 2. The second kappa shape index (κ2) is 5.95. The minimum absolute atomic E-state index is 0.0734. The van der Waals surface area contributed by atoms with Crippen LogP contribution >= 0.6 is 0 Å². The lowest BCUT2D eigenvalue weighted by Crippen LogP contribution is -2.14. The van der Waals surface area contributed by atoms with Crippen LogP contribution in [0.5, 0.6) is 0 Å². The number of fused-ring (bicyclic) bond motifs is 1. The number of hydrogen-bond donors (Lipinski definition) is 2. The van der Waals surface area contributed by atoms with Gasteiger partial charge in [0.15, 0.2) is 17.2 Å². The van der Waals surface area contributed by atoms with Crippen molar-refractivity contribution in [1.82, 2.24) is 14.4 Å². The fraction of sp³-hybridized carbons (Fsp3) is 0.200. The van der Waals surface area contributed by atoms with Gasteiger partial charge in [-0.05, 0) is 24.1 Å². The van der Waals surface area contributed by atoms with Crippen molar-refractivity contribution in [3.8, 4) is 11.3 Å². The van der Waals surface area contributed by atoms with Gasteiger partial charge in [0.1, 0.15) is 0 Å². The summed E-state index contributed by atoms with van der Waals surface area (Å²) in [4.78, 5) is 7.37. The lowest BCUT2D eigenvalue weighted by atomic mass is 10.0. The molecule has 2 heterocycles. The summed E-state index contributed by atoms with van der Waals surface area (Å²) in [7, 11) is -3.75. The van der Waals surface area contributed by atoms with Crippen LogP contribution in [0.15, 0.2) is 30.6 Å². The molecule has 2 aromatic heterocycles. The molecule has 0 aliphatic carbocycles. The molecule has 26 heavy (non-hydrogen) atoms. The van der Waals surface area contributed by atoms with Crippen molar-refractivity contribution >= 4 is 21.5 Å². The summed E-state index contributed by atoms with van der Waals surface area (Å²) in [6.45, 7) is 1.74. The van der Waals surface area contributed by atoms with E-state index in [9.17, 15) is 21.6 Å². The van der Waals surface area contributed by atoms with Gasteiger partial charge in [0.25, 0.3) is 0 Å². The third kappa shape index (κ3) is 3.48. The minimum atomic E-state index is -4.67. The van der Waals surface area contributed by atoms with E-state index in [1.165, 1.54) is 10.6 Å². The molecule has 0 spiro atoms. The van der Waals surface area contributed by atoms with E-state index in [-0.39, 0.29) is 11.5 Å². The van der Waals surface area contributed by atoms with Crippen molar-refractivity contribution in [3.05, 3.63) is 47.4 Å². The van der Waals surface area contributed by atoms with E-state index in [4.69, 9.17) is 10.9 Å². The number of sulfonamides is 1. The minimum Gasteiger partial charge on any atom is -0.381 e. The zero-order valence-corrected chi connectivity index (χ0v) is 14.3. The number of alkyl halides is 3. The molecule has 0 amide bonds. The highest BCUT2D eigenvalue weighted by molar-refractivity contribution is 7.88. The van der Waals surface area contributed by atoms with E-state index in [1.54, 1.807) is 25.1 Å². The second-order valence-corrected chi connectivity index (χ2v) is 7.42. The third-order valence-corrected chi connectivity index (χ3v) is 4.49. The van der Waals surface area contributed by atoms with Crippen LogP contribution in [-0.4, -0.2) is 22.8 Å². The number of aryl methyl sites for hydroxylation is 1. The van der Waals surface area contributed by atoms with E-state index in [0.29, 0.717) is 22.4 Å². The first-order valence-corrected chi connectivity index (χ1v) is 8.98. The normalized spacial score (nSPS) is 12.7. The molecule has 0 bridgehead atoms. The highest BCUT2D eigenvalue weighted by atomic mass is 32.2. The van der Waals surface area contributed by atoms with Crippen LogP contribution in [0.4, 0.5) is 19.0 Å². The predicted octanol–water partition coefficient (Wildman–Crippen LogP) is 2.09. The Labute approximate surface area is 146 Å². The summed E-state index contributed by atoms with van der Waals surface area (Å²) in [5.41, 5.74) is 6.49.